The molecule has 0 aliphatic carbocycles. The topological polar surface area (TPSA) is 79.5 Å². The summed E-state index contributed by atoms with van der Waals surface area (Å²) in [5, 5.41) is 18.4. The first-order chi connectivity index (χ1) is 8.49. The Labute approximate surface area is 115 Å². The Morgan fingerprint density at radius 3 is 2.56 bits per heavy atom. The Balaban J connectivity index is 2.78. The van der Waals surface area contributed by atoms with Crippen LogP contribution in [-0.2, 0) is 0 Å². The van der Waals surface area contributed by atoms with Gasteiger partial charge in [0.1, 0.15) is 11.4 Å². The number of halogens is 1. The van der Waals surface area contributed by atoms with E-state index in [0.717, 1.165) is 20.3 Å². The van der Waals surface area contributed by atoms with E-state index < -0.39 is 11.5 Å². The van der Waals surface area contributed by atoms with Gasteiger partial charge in [0, 0.05) is 15.7 Å². The fourth-order valence-electron chi connectivity index (χ4n) is 1.59. The minimum absolute atomic E-state index is 0.276. The number of nitrogens with zero attached hydrogens (tertiary/aromatic N) is 1. The summed E-state index contributed by atoms with van der Waals surface area (Å²) in [4.78, 5) is 22.9. The number of pyridine rings is 1. The van der Waals surface area contributed by atoms with Crippen molar-refractivity contribution in [1.29, 1.82) is 0 Å². The largest absolute Gasteiger partial charge is 0.508 e. The van der Waals surface area contributed by atoms with Gasteiger partial charge in [0.05, 0.1) is 5.69 Å². The molecule has 0 aliphatic rings. The Kier molecular flexibility index (Phi) is 3.37. The summed E-state index contributed by atoms with van der Waals surface area (Å²) in [5.74, 6) is -1.64. The third-order valence-electron chi connectivity index (χ3n) is 2.30. The highest BCUT2D eigenvalue weighted by Gasteiger charge is 2.14. The summed E-state index contributed by atoms with van der Waals surface area (Å²) in [6, 6.07) is 8.90. The molecule has 92 valence electrons. The van der Waals surface area contributed by atoms with Crippen LogP contribution < -0.4 is 5.56 Å². The Morgan fingerprint density at radius 2 is 1.94 bits per heavy atom. The van der Waals surface area contributed by atoms with E-state index in [9.17, 15) is 14.7 Å². The van der Waals surface area contributed by atoms with Gasteiger partial charge in [-0.1, -0.05) is 6.07 Å². The number of aromatic hydroxyl groups is 1. The molecule has 0 aliphatic heterocycles. The summed E-state index contributed by atoms with van der Waals surface area (Å²) in [5.41, 5.74) is -0.416. The summed E-state index contributed by atoms with van der Waals surface area (Å²) in [7, 11) is 0. The van der Waals surface area contributed by atoms with Crippen LogP contribution in [0.25, 0.3) is 5.69 Å². The SMILES string of the molecule is O=C(O)c1cc(O)cc(=O)n1-c1cccc(I)c1. The third-order valence-corrected chi connectivity index (χ3v) is 2.97. The van der Waals surface area contributed by atoms with Gasteiger partial charge in [-0.05, 0) is 40.8 Å². The third kappa shape index (κ3) is 2.37. The van der Waals surface area contributed by atoms with E-state index in [2.05, 4.69) is 22.6 Å². The number of benzene rings is 1. The molecule has 1 heterocycles. The average Bonchev–Trinajstić information content (AvgIpc) is 2.27. The quantitative estimate of drug-likeness (QED) is 0.804. The lowest BCUT2D eigenvalue weighted by Crippen LogP contribution is -2.23. The normalized spacial score (nSPS) is 10.3. The zero-order chi connectivity index (χ0) is 13.3. The highest BCUT2D eigenvalue weighted by atomic mass is 127. The van der Waals surface area contributed by atoms with Gasteiger partial charge in [-0.3, -0.25) is 9.36 Å². The van der Waals surface area contributed by atoms with Gasteiger partial charge in [-0.25, -0.2) is 4.79 Å². The number of aromatic carboxylic acids is 1. The van der Waals surface area contributed by atoms with Crippen molar-refractivity contribution >= 4 is 28.6 Å². The maximum Gasteiger partial charge on any atom is 0.353 e. The summed E-state index contributed by atoms with van der Waals surface area (Å²) in [6.07, 6.45) is 0. The van der Waals surface area contributed by atoms with E-state index >= 15 is 0 Å². The lowest BCUT2D eigenvalue weighted by Gasteiger charge is -2.10. The Morgan fingerprint density at radius 1 is 1.22 bits per heavy atom. The lowest BCUT2D eigenvalue weighted by molar-refractivity contribution is 0.0686. The number of rotatable bonds is 2. The molecule has 0 atom stereocenters. The van der Waals surface area contributed by atoms with Gasteiger partial charge >= 0.3 is 5.97 Å². The average molecular weight is 357 g/mol. The summed E-state index contributed by atoms with van der Waals surface area (Å²) in [6.45, 7) is 0. The van der Waals surface area contributed by atoms with Crippen LogP contribution in [0.2, 0.25) is 0 Å². The van der Waals surface area contributed by atoms with Gasteiger partial charge in [-0.2, -0.15) is 0 Å². The molecule has 0 radical (unpaired) electrons. The molecule has 2 rings (SSSR count). The first-order valence-corrected chi connectivity index (χ1v) is 6.02. The van der Waals surface area contributed by atoms with Crippen molar-refractivity contribution < 1.29 is 15.0 Å². The number of carboxylic acids is 1. The predicted molar refractivity (Wildman–Crippen MR) is 73.4 cm³/mol. The number of carboxylic acid groups (broad SMARTS) is 1. The van der Waals surface area contributed by atoms with Crippen LogP contribution >= 0.6 is 22.6 Å². The smallest absolute Gasteiger partial charge is 0.353 e. The second kappa shape index (κ2) is 4.81. The van der Waals surface area contributed by atoms with Crippen LogP contribution in [-0.4, -0.2) is 20.7 Å². The lowest BCUT2D eigenvalue weighted by atomic mass is 10.2. The summed E-state index contributed by atoms with van der Waals surface area (Å²) < 4.78 is 1.92. The monoisotopic (exact) mass is 357 g/mol. The minimum Gasteiger partial charge on any atom is -0.508 e. The molecule has 0 fully saturated rings. The van der Waals surface area contributed by atoms with Gasteiger partial charge in [0.15, 0.2) is 0 Å². The van der Waals surface area contributed by atoms with Crippen molar-refractivity contribution in [2.75, 3.05) is 0 Å². The van der Waals surface area contributed by atoms with E-state index in [1.54, 1.807) is 18.2 Å². The van der Waals surface area contributed by atoms with Crippen LogP contribution in [0.5, 0.6) is 5.75 Å². The van der Waals surface area contributed by atoms with E-state index in [4.69, 9.17) is 5.11 Å². The van der Waals surface area contributed by atoms with Crippen molar-refractivity contribution in [2.45, 2.75) is 0 Å². The maximum atomic E-state index is 11.8. The second-order valence-electron chi connectivity index (χ2n) is 3.56. The standard InChI is InChI=1S/C12H8INO4/c13-7-2-1-3-8(4-7)14-10(12(17)18)5-9(15)6-11(14)16/h1-6,15H,(H,17,18). The highest BCUT2D eigenvalue weighted by molar-refractivity contribution is 14.1. The predicted octanol–water partition coefficient (Wildman–Crippen LogP) is 1.85. The van der Waals surface area contributed by atoms with Crippen LogP contribution in [0.3, 0.4) is 0 Å². The second-order valence-corrected chi connectivity index (χ2v) is 4.80. The zero-order valence-electron chi connectivity index (χ0n) is 9.00. The fourth-order valence-corrected chi connectivity index (χ4v) is 2.12. The van der Waals surface area contributed by atoms with Crippen molar-refractivity contribution in [1.82, 2.24) is 4.57 Å². The maximum absolute atomic E-state index is 11.8. The van der Waals surface area contributed by atoms with E-state index in [1.807, 2.05) is 6.07 Å². The van der Waals surface area contributed by atoms with Crippen molar-refractivity contribution in [2.24, 2.45) is 0 Å². The Hall–Kier alpha value is -1.83. The van der Waals surface area contributed by atoms with Gasteiger partial charge in [0.2, 0.25) is 0 Å². The first kappa shape index (κ1) is 12.6. The van der Waals surface area contributed by atoms with Crippen LogP contribution in [0, 0.1) is 3.57 Å². The van der Waals surface area contributed by atoms with E-state index in [-0.39, 0.29) is 11.4 Å². The van der Waals surface area contributed by atoms with Crippen LogP contribution in [0.4, 0.5) is 0 Å². The highest BCUT2D eigenvalue weighted by Crippen LogP contribution is 2.16. The number of aromatic nitrogens is 1. The molecular weight excluding hydrogens is 349 g/mol. The molecule has 18 heavy (non-hydrogen) atoms. The molecule has 5 nitrogen and oxygen atoms in total. The molecule has 0 spiro atoms. The van der Waals surface area contributed by atoms with Gasteiger partial charge < -0.3 is 10.2 Å². The number of carbonyl (C=O) groups is 1. The molecule has 2 aromatic rings. The molecule has 0 amide bonds. The van der Waals surface area contributed by atoms with Gasteiger partial charge in [0.25, 0.3) is 5.56 Å². The zero-order valence-corrected chi connectivity index (χ0v) is 11.2. The van der Waals surface area contributed by atoms with E-state index in [1.165, 1.54) is 0 Å². The van der Waals surface area contributed by atoms with E-state index in [0.29, 0.717) is 5.69 Å². The van der Waals surface area contributed by atoms with Crippen molar-refractivity contribution in [3.63, 3.8) is 0 Å². The number of hydrogen-bond donors (Lipinski definition) is 2. The molecule has 1 aromatic carbocycles. The molecule has 6 heteroatoms. The fraction of sp³-hybridized carbons (Fsp3) is 0. The Bertz CT molecular complexity index is 678. The summed E-state index contributed by atoms with van der Waals surface area (Å²) >= 11 is 2.07. The molecule has 1 aromatic heterocycles. The van der Waals surface area contributed by atoms with Gasteiger partial charge in [-0.15, -0.1) is 0 Å². The minimum atomic E-state index is -1.28. The van der Waals surface area contributed by atoms with Crippen LogP contribution in [0.1, 0.15) is 10.5 Å². The molecule has 0 unspecified atom stereocenters. The molecular formula is C12H8INO4. The van der Waals surface area contributed by atoms with Crippen molar-refractivity contribution in [3.8, 4) is 11.4 Å². The number of hydrogen-bond acceptors (Lipinski definition) is 3. The molecule has 0 bridgehead atoms. The molecule has 2 N–H and O–H groups in total. The first-order valence-electron chi connectivity index (χ1n) is 4.94. The molecule has 0 saturated carbocycles. The van der Waals surface area contributed by atoms with Crippen molar-refractivity contribution in [3.05, 3.63) is 56.0 Å². The molecule has 0 saturated heterocycles. The van der Waals surface area contributed by atoms with Crippen LogP contribution in [0.15, 0.2) is 41.2 Å².